The fourth-order valence-corrected chi connectivity index (χ4v) is 5.51. The minimum absolute atomic E-state index is 0.0431. The fourth-order valence-electron chi connectivity index (χ4n) is 5.51. The maximum Gasteiger partial charge on any atom is 0.194 e. The van der Waals surface area contributed by atoms with Crippen LogP contribution in [0.25, 0.3) is 10.8 Å². The van der Waals surface area contributed by atoms with Gasteiger partial charge in [0.15, 0.2) is 11.6 Å². The number of hydrogen-bond donors (Lipinski definition) is 0. The lowest BCUT2D eigenvalue weighted by atomic mass is 9.73. The molecule has 2 heteroatoms. The normalized spacial score (nSPS) is 12.9. The van der Waals surface area contributed by atoms with E-state index in [4.69, 9.17) is 0 Å². The van der Waals surface area contributed by atoms with Gasteiger partial charge < -0.3 is 0 Å². The molecule has 0 saturated heterocycles. The van der Waals surface area contributed by atoms with Gasteiger partial charge in [0, 0.05) is 22.3 Å². The van der Waals surface area contributed by atoms with Crippen molar-refractivity contribution in [3.8, 4) is 0 Å². The Bertz CT molecular complexity index is 1110. The zero-order valence-corrected chi connectivity index (χ0v) is 19.9. The minimum atomic E-state index is 0.0431. The highest BCUT2D eigenvalue weighted by atomic mass is 16.1. The molecule has 0 N–H and O–H groups in total. The van der Waals surface area contributed by atoms with Gasteiger partial charge in [0.05, 0.1) is 0 Å². The number of benzene rings is 3. The lowest BCUT2D eigenvalue weighted by molar-refractivity contribution is 0.0977. The van der Waals surface area contributed by atoms with Gasteiger partial charge >= 0.3 is 0 Å². The summed E-state index contributed by atoms with van der Waals surface area (Å²) in [5.41, 5.74) is 7.57. The van der Waals surface area contributed by atoms with Crippen LogP contribution in [0.3, 0.4) is 0 Å². The lowest BCUT2D eigenvalue weighted by Gasteiger charge is -2.29. The molecule has 0 unspecified atom stereocenters. The van der Waals surface area contributed by atoms with Crippen LogP contribution < -0.4 is 0 Å². The maximum absolute atomic E-state index is 14.0. The van der Waals surface area contributed by atoms with Crippen molar-refractivity contribution in [2.45, 2.75) is 79.1 Å². The van der Waals surface area contributed by atoms with Crippen molar-refractivity contribution in [1.29, 1.82) is 0 Å². The first-order chi connectivity index (χ1) is 15.6. The van der Waals surface area contributed by atoms with Crippen molar-refractivity contribution in [3.63, 3.8) is 0 Å². The fraction of sp³-hybridized carbons (Fsp3) is 0.400. The molecule has 0 radical (unpaired) electrons. The molecule has 3 aromatic carbocycles. The molecule has 0 saturated carbocycles. The van der Waals surface area contributed by atoms with E-state index in [-0.39, 0.29) is 11.6 Å². The summed E-state index contributed by atoms with van der Waals surface area (Å²) in [6.07, 6.45) is 7.66. The average molecular weight is 427 g/mol. The van der Waals surface area contributed by atoms with Crippen LogP contribution in [-0.4, -0.2) is 11.6 Å². The second-order valence-electron chi connectivity index (χ2n) is 9.07. The smallest absolute Gasteiger partial charge is 0.194 e. The van der Waals surface area contributed by atoms with Crippen LogP contribution >= 0.6 is 0 Å². The van der Waals surface area contributed by atoms with Crippen molar-refractivity contribution in [3.05, 3.63) is 80.9 Å². The first-order valence-corrected chi connectivity index (χ1v) is 12.4. The molecule has 4 rings (SSSR count). The van der Waals surface area contributed by atoms with Crippen molar-refractivity contribution in [2.24, 2.45) is 0 Å². The van der Waals surface area contributed by atoms with Gasteiger partial charge in [-0.05, 0) is 70.8 Å². The van der Waals surface area contributed by atoms with Gasteiger partial charge in [-0.25, -0.2) is 0 Å². The number of carbonyl (C=O) groups excluding carboxylic acids is 2. The molecule has 0 bridgehead atoms. The zero-order chi connectivity index (χ0) is 22.8. The second-order valence-corrected chi connectivity index (χ2v) is 9.07. The highest BCUT2D eigenvalue weighted by molar-refractivity contribution is 6.30. The van der Waals surface area contributed by atoms with Crippen LogP contribution in [0.2, 0.25) is 0 Å². The first-order valence-electron chi connectivity index (χ1n) is 12.4. The van der Waals surface area contributed by atoms with Gasteiger partial charge in [-0.2, -0.15) is 0 Å². The van der Waals surface area contributed by atoms with Crippen molar-refractivity contribution in [2.75, 3.05) is 0 Å². The molecule has 32 heavy (non-hydrogen) atoms. The van der Waals surface area contributed by atoms with Gasteiger partial charge in [-0.15, -0.1) is 0 Å². The Morgan fingerprint density at radius 3 is 1.22 bits per heavy atom. The van der Waals surface area contributed by atoms with Gasteiger partial charge in [-0.3, -0.25) is 9.59 Å². The van der Waals surface area contributed by atoms with E-state index in [1.165, 1.54) is 11.1 Å². The van der Waals surface area contributed by atoms with Gasteiger partial charge in [0.25, 0.3) is 0 Å². The Morgan fingerprint density at radius 2 is 0.875 bits per heavy atom. The first kappa shape index (κ1) is 22.5. The highest BCUT2D eigenvalue weighted by Gasteiger charge is 2.36. The Labute approximate surface area is 192 Å². The quantitative estimate of drug-likeness (QED) is 0.294. The molecule has 0 heterocycles. The number of ketones is 2. The Morgan fingerprint density at radius 1 is 0.531 bits per heavy atom. The number of rotatable bonds is 8. The van der Waals surface area contributed by atoms with Gasteiger partial charge in [0.2, 0.25) is 0 Å². The molecule has 0 spiro atoms. The zero-order valence-electron chi connectivity index (χ0n) is 19.9. The Kier molecular flexibility index (Phi) is 6.60. The molecule has 3 aromatic rings. The molecule has 1 aliphatic rings. The van der Waals surface area contributed by atoms with Gasteiger partial charge in [0.1, 0.15) is 0 Å². The summed E-state index contributed by atoms with van der Waals surface area (Å²) in [6, 6.07) is 11.9. The Hall–Kier alpha value is -2.74. The van der Waals surface area contributed by atoms with E-state index in [1.54, 1.807) is 0 Å². The standard InChI is InChI=1S/C30H34O2/c1-5-11-21-22(12-6-2)24(14-8-4)28-27(23(21)13-7-3)29(31)25-17-19-15-9-10-16-20(19)18-26(25)30(28)32/h9-10,15-18H,5-8,11-14H2,1-4H3. The van der Waals surface area contributed by atoms with Gasteiger partial charge in [-0.1, -0.05) is 77.6 Å². The summed E-state index contributed by atoms with van der Waals surface area (Å²) < 4.78 is 0. The summed E-state index contributed by atoms with van der Waals surface area (Å²) >= 11 is 0. The minimum Gasteiger partial charge on any atom is -0.289 e. The third-order valence-electron chi connectivity index (χ3n) is 6.78. The molecule has 0 atom stereocenters. The number of carbonyl (C=O) groups is 2. The molecule has 0 aromatic heterocycles. The van der Waals surface area contributed by atoms with Crippen LogP contribution in [0.5, 0.6) is 0 Å². The lowest BCUT2D eigenvalue weighted by Crippen LogP contribution is -2.27. The highest BCUT2D eigenvalue weighted by Crippen LogP contribution is 2.39. The summed E-state index contributed by atoms with van der Waals surface area (Å²) in [6.45, 7) is 8.74. The molecule has 0 amide bonds. The van der Waals surface area contributed by atoms with E-state index < -0.39 is 0 Å². The predicted molar refractivity (Wildman–Crippen MR) is 133 cm³/mol. The van der Waals surface area contributed by atoms with E-state index >= 15 is 0 Å². The topological polar surface area (TPSA) is 34.1 Å². The van der Waals surface area contributed by atoms with E-state index in [9.17, 15) is 9.59 Å². The molecule has 166 valence electrons. The molecule has 1 aliphatic carbocycles. The average Bonchev–Trinajstić information content (AvgIpc) is 2.80. The molecular weight excluding hydrogens is 392 g/mol. The van der Waals surface area contributed by atoms with Crippen LogP contribution in [0.15, 0.2) is 36.4 Å². The van der Waals surface area contributed by atoms with Crippen LogP contribution in [-0.2, 0) is 25.7 Å². The van der Waals surface area contributed by atoms with E-state index in [0.717, 1.165) is 73.3 Å². The van der Waals surface area contributed by atoms with E-state index in [1.807, 2.05) is 36.4 Å². The van der Waals surface area contributed by atoms with E-state index in [2.05, 4.69) is 27.7 Å². The third-order valence-corrected chi connectivity index (χ3v) is 6.78. The molecule has 2 nitrogen and oxygen atoms in total. The maximum atomic E-state index is 14.0. The van der Waals surface area contributed by atoms with Crippen molar-refractivity contribution < 1.29 is 9.59 Å². The largest absolute Gasteiger partial charge is 0.289 e. The third kappa shape index (κ3) is 3.60. The van der Waals surface area contributed by atoms with Crippen LogP contribution in [0.4, 0.5) is 0 Å². The molecular formula is C30H34O2. The van der Waals surface area contributed by atoms with Crippen molar-refractivity contribution in [1.82, 2.24) is 0 Å². The summed E-state index contributed by atoms with van der Waals surface area (Å²) in [5.74, 6) is 0.0862. The second kappa shape index (κ2) is 9.40. The summed E-state index contributed by atoms with van der Waals surface area (Å²) in [4.78, 5) is 28.0. The number of hydrogen-bond acceptors (Lipinski definition) is 2. The Balaban J connectivity index is 2.10. The molecule has 0 aliphatic heterocycles. The summed E-state index contributed by atoms with van der Waals surface area (Å²) in [5, 5.41) is 2.02. The summed E-state index contributed by atoms with van der Waals surface area (Å²) in [7, 11) is 0. The van der Waals surface area contributed by atoms with Crippen LogP contribution in [0, 0.1) is 0 Å². The van der Waals surface area contributed by atoms with Crippen molar-refractivity contribution >= 4 is 22.3 Å². The van der Waals surface area contributed by atoms with E-state index in [0.29, 0.717) is 22.3 Å². The van der Waals surface area contributed by atoms with Crippen LogP contribution in [0.1, 0.15) is 107 Å². The molecule has 0 fully saturated rings. The SMILES string of the molecule is CCCc1c(CCC)c(CCC)c2c(c1CCC)C(=O)c1cc3ccccc3cc1C2=O. The monoisotopic (exact) mass is 426 g/mol. The number of fused-ring (bicyclic) bond motifs is 3. The predicted octanol–water partition coefficient (Wildman–Crippen LogP) is 7.43.